The second-order valence-electron chi connectivity index (χ2n) is 9.49. The molecular weight excluding hydrogens is 414 g/mol. The summed E-state index contributed by atoms with van der Waals surface area (Å²) in [7, 11) is 0. The van der Waals surface area contributed by atoms with Crippen molar-refractivity contribution in [2.24, 2.45) is 16.3 Å². The van der Waals surface area contributed by atoms with Gasteiger partial charge in [0.05, 0.1) is 0 Å². The maximum atomic E-state index is 13.3. The Morgan fingerprint density at radius 3 is 2.21 bits per heavy atom. The Balaban J connectivity index is 1.88. The molecule has 0 aliphatic carbocycles. The molecule has 2 aromatic carbocycles. The molecule has 33 heavy (non-hydrogen) atoms. The standard InChI is InChI=1S/C28H33NO4/c1-5-12-23(17-18-24(30)32-20-22-15-10-7-11-16-22)28(19-21-13-8-6-9-14-21)26(31)33-25(29-28)27(2,3)4/h6-11,13-18,23H,5,12,19-20H2,1-4H3/b18-17+. The lowest BCUT2D eigenvalue weighted by atomic mass is 9.77. The van der Waals surface area contributed by atoms with Crippen LogP contribution in [-0.2, 0) is 32.1 Å². The van der Waals surface area contributed by atoms with Crippen molar-refractivity contribution in [3.05, 3.63) is 83.9 Å². The summed E-state index contributed by atoms with van der Waals surface area (Å²) in [4.78, 5) is 30.7. The molecule has 2 aromatic rings. The summed E-state index contributed by atoms with van der Waals surface area (Å²) in [5.41, 5.74) is 0.401. The minimum absolute atomic E-state index is 0.200. The Morgan fingerprint density at radius 1 is 1.06 bits per heavy atom. The van der Waals surface area contributed by atoms with Gasteiger partial charge in [-0.1, -0.05) is 101 Å². The van der Waals surface area contributed by atoms with Crippen LogP contribution in [0.5, 0.6) is 0 Å². The number of benzene rings is 2. The average molecular weight is 448 g/mol. The largest absolute Gasteiger partial charge is 0.458 e. The van der Waals surface area contributed by atoms with E-state index in [1.807, 2.05) is 81.4 Å². The van der Waals surface area contributed by atoms with Gasteiger partial charge in [0.1, 0.15) is 6.61 Å². The fraction of sp³-hybridized carbons (Fsp3) is 0.393. The summed E-state index contributed by atoms with van der Waals surface area (Å²) in [6, 6.07) is 19.3. The predicted octanol–water partition coefficient (Wildman–Crippen LogP) is 5.69. The van der Waals surface area contributed by atoms with Gasteiger partial charge in [-0.15, -0.1) is 0 Å². The Bertz CT molecular complexity index is 1010. The second-order valence-corrected chi connectivity index (χ2v) is 9.49. The van der Waals surface area contributed by atoms with E-state index in [-0.39, 0.29) is 18.5 Å². The molecule has 0 saturated heterocycles. The highest BCUT2D eigenvalue weighted by atomic mass is 16.6. The van der Waals surface area contributed by atoms with Crippen LogP contribution in [0, 0.1) is 11.3 Å². The van der Waals surface area contributed by atoms with Crippen molar-refractivity contribution in [2.75, 3.05) is 0 Å². The molecule has 0 amide bonds. The van der Waals surface area contributed by atoms with Crippen LogP contribution in [0.25, 0.3) is 0 Å². The Kier molecular flexibility index (Phi) is 7.85. The second kappa shape index (κ2) is 10.6. The predicted molar refractivity (Wildman–Crippen MR) is 130 cm³/mol. The highest BCUT2D eigenvalue weighted by molar-refractivity contribution is 6.02. The number of esters is 2. The summed E-state index contributed by atoms with van der Waals surface area (Å²) in [6.07, 6.45) is 5.12. The van der Waals surface area contributed by atoms with Gasteiger partial charge in [-0.25, -0.2) is 14.6 Å². The molecule has 0 fully saturated rings. The van der Waals surface area contributed by atoms with Crippen LogP contribution in [0.4, 0.5) is 0 Å². The molecule has 1 aliphatic rings. The van der Waals surface area contributed by atoms with Gasteiger partial charge >= 0.3 is 11.9 Å². The van der Waals surface area contributed by atoms with Gasteiger partial charge in [-0.2, -0.15) is 0 Å². The van der Waals surface area contributed by atoms with Crippen molar-refractivity contribution in [3.8, 4) is 0 Å². The highest BCUT2D eigenvalue weighted by Gasteiger charge is 2.52. The zero-order valence-corrected chi connectivity index (χ0v) is 19.9. The first-order valence-corrected chi connectivity index (χ1v) is 11.5. The van der Waals surface area contributed by atoms with Crippen LogP contribution in [0.2, 0.25) is 0 Å². The van der Waals surface area contributed by atoms with Gasteiger partial charge < -0.3 is 9.47 Å². The molecule has 0 saturated carbocycles. The number of hydrogen-bond donors (Lipinski definition) is 0. The maximum absolute atomic E-state index is 13.3. The summed E-state index contributed by atoms with van der Waals surface area (Å²) < 4.78 is 11.1. The Labute approximate surface area is 196 Å². The summed E-state index contributed by atoms with van der Waals surface area (Å²) in [6.45, 7) is 8.18. The fourth-order valence-electron chi connectivity index (χ4n) is 3.91. The molecule has 0 N–H and O–H groups in total. The van der Waals surface area contributed by atoms with Gasteiger partial charge in [0.2, 0.25) is 0 Å². The Hall–Kier alpha value is -3.21. The molecular formula is C28H33NO4. The quantitative estimate of drug-likeness (QED) is 0.366. The molecule has 0 spiro atoms. The number of hydrogen-bond acceptors (Lipinski definition) is 5. The number of ether oxygens (including phenoxy) is 2. The molecule has 1 aliphatic heterocycles. The van der Waals surface area contributed by atoms with Crippen LogP contribution in [-0.4, -0.2) is 23.4 Å². The molecule has 1 heterocycles. The van der Waals surface area contributed by atoms with E-state index >= 15 is 0 Å². The third-order valence-electron chi connectivity index (χ3n) is 5.70. The van der Waals surface area contributed by atoms with Gasteiger partial charge in [-0.05, 0) is 17.5 Å². The smallest absolute Gasteiger partial charge is 0.341 e. The van der Waals surface area contributed by atoms with Gasteiger partial charge in [0, 0.05) is 23.8 Å². The molecule has 0 bridgehead atoms. The molecule has 5 nitrogen and oxygen atoms in total. The lowest BCUT2D eigenvalue weighted by Gasteiger charge is -2.29. The molecule has 3 rings (SSSR count). The zero-order chi connectivity index (χ0) is 23.9. The first-order valence-electron chi connectivity index (χ1n) is 11.5. The van der Waals surface area contributed by atoms with Crippen molar-refractivity contribution in [1.29, 1.82) is 0 Å². The van der Waals surface area contributed by atoms with Crippen LogP contribution < -0.4 is 0 Å². The average Bonchev–Trinajstić information content (AvgIpc) is 3.14. The van der Waals surface area contributed by atoms with E-state index in [1.54, 1.807) is 6.08 Å². The number of cyclic esters (lactones) is 1. The number of carbonyl (C=O) groups is 2. The molecule has 2 unspecified atom stereocenters. The highest BCUT2D eigenvalue weighted by Crippen LogP contribution is 2.39. The third-order valence-corrected chi connectivity index (χ3v) is 5.70. The van der Waals surface area contributed by atoms with Gasteiger partial charge in [0.15, 0.2) is 11.4 Å². The van der Waals surface area contributed by atoms with Crippen molar-refractivity contribution >= 4 is 17.8 Å². The maximum Gasteiger partial charge on any atom is 0.341 e. The third kappa shape index (κ3) is 6.19. The number of carbonyl (C=O) groups excluding carboxylic acids is 2. The van der Waals surface area contributed by atoms with Crippen molar-refractivity contribution < 1.29 is 19.1 Å². The lowest BCUT2D eigenvalue weighted by Crippen LogP contribution is -2.43. The van der Waals surface area contributed by atoms with E-state index in [1.165, 1.54) is 6.08 Å². The summed E-state index contributed by atoms with van der Waals surface area (Å²) in [5, 5.41) is 0. The van der Waals surface area contributed by atoms with Crippen molar-refractivity contribution in [3.63, 3.8) is 0 Å². The molecule has 0 aromatic heterocycles. The molecule has 5 heteroatoms. The lowest BCUT2D eigenvalue weighted by molar-refractivity contribution is -0.141. The minimum atomic E-state index is -1.11. The monoisotopic (exact) mass is 447 g/mol. The number of rotatable bonds is 9. The van der Waals surface area contributed by atoms with Crippen molar-refractivity contribution in [1.82, 2.24) is 0 Å². The van der Waals surface area contributed by atoms with E-state index in [9.17, 15) is 9.59 Å². The number of nitrogens with zero attached hydrogens (tertiary/aromatic N) is 1. The zero-order valence-electron chi connectivity index (χ0n) is 19.9. The van der Waals surface area contributed by atoms with E-state index < -0.39 is 16.9 Å². The fourth-order valence-corrected chi connectivity index (χ4v) is 3.91. The van der Waals surface area contributed by atoms with E-state index in [0.717, 1.165) is 17.5 Å². The number of aliphatic imine (C=N–C) groups is 1. The first kappa shape index (κ1) is 24.4. The van der Waals surface area contributed by atoms with Gasteiger partial charge in [0.25, 0.3) is 0 Å². The normalized spacial score (nSPS) is 19.3. The van der Waals surface area contributed by atoms with Crippen molar-refractivity contribution in [2.45, 2.75) is 59.1 Å². The summed E-state index contributed by atoms with van der Waals surface area (Å²) in [5.74, 6) is -0.679. The molecule has 2 atom stereocenters. The van der Waals surface area contributed by atoms with Crippen LogP contribution in [0.3, 0.4) is 0 Å². The minimum Gasteiger partial charge on any atom is -0.458 e. The summed E-state index contributed by atoms with van der Waals surface area (Å²) >= 11 is 0. The molecule has 0 radical (unpaired) electrons. The SMILES string of the molecule is CCCC(/C=C/C(=O)OCc1ccccc1)C1(Cc2ccccc2)N=C(C(C)(C)C)OC1=O. The van der Waals surface area contributed by atoms with Crippen LogP contribution in [0.1, 0.15) is 51.7 Å². The molecule has 174 valence electrons. The van der Waals surface area contributed by atoms with E-state index in [4.69, 9.17) is 14.5 Å². The van der Waals surface area contributed by atoms with Crippen LogP contribution in [0.15, 0.2) is 77.8 Å². The Morgan fingerprint density at radius 2 is 1.67 bits per heavy atom. The first-order chi connectivity index (χ1) is 15.7. The van der Waals surface area contributed by atoms with Crippen LogP contribution >= 0.6 is 0 Å². The van der Waals surface area contributed by atoms with E-state index in [0.29, 0.717) is 18.7 Å². The van der Waals surface area contributed by atoms with E-state index in [2.05, 4.69) is 6.92 Å². The topological polar surface area (TPSA) is 65.0 Å². The van der Waals surface area contributed by atoms with Gasteiger partial charge in [-0.3, -0.25) is 0 Å².